The van der Waals surface area contributed by atoms with E-state index in [1.54, 1.807) is 0 Å². The van der Waals surface area contributed by atoms with Crippen LogP contribution in [0, 0.1) is 11.3 Å². The van der Waals surface area contributed by atoms with E-state index in [9.17, 15) is 0 Å². The van der Waals surface area contributed by atoms with E-state index in [0.717, 1.165) is 32.3 Å². The fraction of sp³-hybridized carbons (Fsp3) is 0.900. The summed E-state index contributed by atoms with van der Waals surface area (Å²) in [4.78, 5) is 0. The summed E-state index contributed by atoms with van der Waals surface area (Å²) >= 11 is 0. The maximum atomic E-state index is 6.95. The Bertz CT molecular complexity index is 431. The predicted octanol–water partition coefficient (Wildman–Crippen LogP) is 5.94. The molecule has 0 aromatic heterocycles. The average molecular weight is 339 g/mol. The van der Waals surface area contributed by atoms with Gasteiger partial charge in [-0.25, -0.2) is 0 Å². The van der Waals surface area contributed by atoms with Crippen molar-refractivity contribution in [3.8, 4) is 0 Å². The Kier molecular flexibility index (Phi) is 5.27. The summed E-state index contributed by atoms with van der Waals surface area (Å²) < 4.78 is 13.5. The molecule has 3 heteroatoms. The van der Waals surface area contributed by atoms with Crippen LogP contribution in [0.15, 0.2) is 12.7 Å². The van der Waals surface area contributed by atoms with Gasteiger partial charge in [-0.15, -0.1) is 6.58 Å². The van der Waals surface area contributed by atoms with E-state index in [1.165, 1.54) is 6.42 Å². The van der Waals surface area contributed by atoms with Crippen LogP contribution in [-0.2, 0) is 9.16 Å². The van der Waals surface area contributed by atoms with Gasteiger partial charge in [0.2, 0.25) is 0 Å². The molecular weight excluding hydrogens is 300 g/mol. The second-order valence-corrected chi connectivity index (χ2v) is 14.4. The number of rotatable bonds is 4. The number of ether oxygens (including phenoxy) is 1. The van der Waals surface area contributed by atoms with Crippen LogP contribution in [0.5, 0.6) is 0 Å². The normalized spacial score (nSPS) is 38.9. The van der Waals surface area contributed by atoms with Crippen molar-refractivity contribution >= 4 is 8.32 Å². The molecule has 23 heavy (non-hydrogen) atoms. The van der Waals surface area contributed by atoms with E-state index in [-0.39, 0.29) is 22.2 Å². The minimum atomic E-state index is -1.80. The Morgan fingerprint density at radius 3 is 2.43 bits per heavy atom. The van der Waals surface area contributed by atoms with Gasteiger partial charge < -0.3 is 9.16 Å². The van der Waals surface area contributed by atoms with Crippen LogP contribution >= 0.6 is 0 Å². The molecule has 1 saturated heterocycles. The van der Waals surface area contributed by atoms with Crippen molar-refractivity contribution in [1.82, 2.24) is 0 Å². The average Bonchev–Trinajstić information content (AvgIpc) is 2.91. The summed E-state index contributed by atoms with van der Waals surface area (Å²) in [7, 11) is -1.80. The fourth-order valence-corrected chi connectivity index (χ4v) is 5.84. The molecule has 2 aliphatic rings. The molecule has 4 atom stereocenters. The summed E-state index contributed by atoms with van der Waals surface area (Å²) in [5.74, 6) is 0.651. The van der Waals surface area contributed by atoms with Crippen molar-refractivity contribution in [2.24, 2.45) is 11.3 Å². The molecule has 1 aliphatic heterocycles. The van der Waals surface area contributed by atoms with Gasteiger partial charge in [-0.1, -0.05) is 40.7 Å². The van der Waals surface area contributed by atoms with Gasteiger partial charge in [0.05, 0.1) is 11.7 Å². The van der Waals surface area contributed by atoms with Crippen LogP contribution in [0.25, 0.3) is 0 Å². The van der Waals surface area contributed by atoms with Crippen LogP contribution in [0.2, 0.25) is 18.1 Å². The third kappa shape index (κ3) is 3.09. The van der Waals surface area contributed by atoms with Crippen LogP contribution in [-0.4, -0.2) is 26.6 Å². The summed E-state index contributed by atoms with van der Waals surface area (Å²) in [6, 6.07) is 0. The lowest BCUT2D eigenvalue weighted by molar-refractivity contribution is -0.198. The highest BCUT2D eigenvalue weighted by molar-refractivity contribution is 6.74. The van der Waals surface area contributed by atoms with E-state index in [4.69, 9.17) is 9.16 Å². The zero-order valence-electron chi connectivity index (χ0n) is 16.5. The van der Waals surface area contributed by atoms with Crippen molar-refractivity contribution in [2.45, 2.75) is 96.6 Å². The Labute approximate surface area is 145 Å². The summed E-state index contributed by atoms with van der Waals surface area (Å²) in [5.41, 5.74) is 0.0188. The lowest BCUT2D eigenvalue weighted by Crippen LogP contribution is -2.63. The molecule has 0 unspecified atom stereocenters. The lowest BCUT2D eigenvalue weighted by atomic mass is 9.55. The van der Waals surface area contributed by atoms with Crippen molar-refractivity contribution < 1.29 is 9.16 Å². The Morgan fingerprint density at radius 2 is 1.96 bits per heavy atom. The molecule has 1 heterocycles. The molecule has 0 aromatic rings. The number of hydrogen-bond donors (Lipinski definition) is 0. The Morgan fingerprint density at radius 1 is 1.30 bits per heavy atom. The molecule has 0 bridgehead atoms. The van der Waals surface area contributed by atoms with E-state index >= 15 is 0 Å². The molecule has 2 nitrogen and oxygen atoms in total. The van der Waals surface area contributed by atoms with Gasteiger partial charge in [-0.05, 0) is 56.2 Å². The minimum absolute atomic E-state index is 0.117. The van der Waals surface area contributed by atoms with Gasteiger partial charge in [0.1, 0.15) is 0 Å². The summed E-state index contributed by atoms with van der Waals surface area (Å²) in [5, 5.41) is 0.241. The zero-order chi connectivity index (χ0) is 17.5. The van der Waals surface area contributed by atoms with Crippen molar-refractivity contribution in [3.05, 3.63) is 12.7 Å². The van der Waals surface area contributed by atoms with E-state index < -0.39 is 8.32 Å². The molecule has 2 fully saturated rings. The highest BCUT2D eigenvalue weighted by Crippen LogP contribution is 2.58. The van der Waals surface area contributed by atoms with Crippen molar-refractivity contribution in [3.63, 3.8) is 0 Å². The van der Waals surface area contributed by atoms with Gasteiger partial charge >= 0.3 is 0 Å². The van der Waals surface area contributed by atoms with Gasteiger partial charge in [0.15, 0.2) is 8.32 Å². The summed E-state index contributed by atoms with van der Waals surface area (Å²) in [6.07, 6.45) is 8.03. The van der Waals surface area contributed by atoms with Gasteiger partial charge in [0, 0.05) is 12.0 Å². The maximum Gasteiger partial charge on any atom is 0.192 e. The lowest BCUT2D eigenvalue weighted by Gasteiger charge is -2.58. The number of hydrogen-bond acceptors (Lipinski definition) is 2. The molecule has 1 aliphatic carbocycles. The van der Waals surface area contributed by atoms with Crippen molar-refractivity contribution in [2.75, 3.05) is 6.61 Å². The van der Waals surface area contributed by atoms with Gasteiger partial charge in [-0.3, -0.25) is 0 Å². The van der Waals surface area contributed by atoms with E-state index in [0.29, 0.717) is 5.92 Å². The first-order valence-electron chi connectivity index (χ1n) is 9.43. The standard InChI is InChI=1S/C20H38O2Si/c1-9-13-19(6)16(2)11-12-17(20(19)14-10-15-21-20)22-23(7,8)18(3,4)5/h9,16-17H,1,10-15H2,2-8H3/t16-,17+,19+,20-/m0/s1. The molecular formula is C20H38O2Si. The number of allylic oxidation sites excluding steroid dienone is 1. The van der Waals surface area contributed by atoms with Crippen LogP contribution in [0.4, 0.5) is 0 Å². The first-order valence-corrected chi connectivity index (χ1v) is 12.3. The second kappa shape index (κ2) is 6.31. The predicted molar refractivity (Wildman–Crippen MR) is 101 cm³/mol. The molecule has 0 radical (unpaired) electrons. The van der Waals surface area contributed by atoms with Crippen LogP contribution in [0.1, 0.15) is 66.7 Å². The highest BCUT2D eigenvalue weighted by atomic mass is 28.4. The molecule has 1 saturated carbocycles. The molecule has 0 N–H and O–H groups in total. The molecule has 1 spiro atoms. The third-order valence-corrected chi connectivity index (χ3v) is 11.8. The minimum Gasteiger partial charge on any atom is -0.411 e. The topological polar surface area (TPSA) is 18.5 Å². The van der Waals surface area contributed by atoms with Crippen molar-refractivity contribution in [1.29, 1.82) is 0 Å². The van der Waals surface area contributed by atoms with Gasteiger partial charge in [0.25, 0.3) is 0 Å². The maximum absolute atomic E-state index is 6.95. The van der Waals surface area contributed by atoms with Crippen LogP contribution < -0.4 is 0 Å². The van der Waals surface area contributed by atoms with Gasteiger partial charge in [-0.2, -0.15) is 0 Å². The fourth-order valence-electron chi connectivity index (χ4n) is 4.46. The smallest absolute Gasteiger partial charge is 0.192 e. The molecule has 0 aromatic carbocycles. The Hall–Kier alpha value is -0.123. The first-order chi connectivity index (χ1) is 10.5. The second-order valence-electron chi connectivity index (χ2n) is 9.60. The van der Waals surface area contributed by atoms with Crippen LogP contribution in [0.3, 0.4) is 0 Å². The zero-order valence-corrected chi connectivity index (χ0v) is 17.5. The SMILES string of the molecule is C=CC[C@]1(C)[C@@H](C)CC[C@@H](O[Si](C)(C)C(C)(C)C)[C@@]12CCCO2. The van der Waals surface area contributed by atoms with E-state index in [2.05, 4.69) is 60.4 Å². The quantitative estimate of drug-likeness (QED) is 0.466. The van der Waals surface area contributed by atoms with E-state index in [1.807, 2.05) is 0 Å². The highest BCUT2D eigenvalue weighted by Gasteiger charge is 2.61. The molecule has 134 valence electrons. The monoisotopic (exact) mass is 338 g/mol. The molecule has 2 rings (SSSR count). The third-order valence-electron chi connectivity index (χ3n) is 7.30. The largest absolute Gasteiger partial charge is 0.411 e. The Balaban J connectivity index is 2.38. The first kappa shape index (κ1) is 19.2. The molecule has 0 amide bonds. The summed E-state index contributed by atoms with van der Waals surface area (Å²) in [6.45, 7) is 21.5.